The highest BCUT2D eigenvalue weighted by Gasteiger charge is 2.25. The van der Waals surface area contributed by atoms with Gasteiger partial charge in [-0.3, -0.25) is 4.79 Å². The highest BCUT2D eigenvalue weighted by atomic mass is 79.9. The van der Waals surface area contributed by atoms with E-state index in [0.717, 1.165) is 3.79 Å². The Labute approximate surface area is 111 Å². The number of nitrogens with one attached hydrogen (secondary N) is 1. The number of halogens is 3. The molecule has 6 heteroatoms. The van der Waals surface area contributed by atoms with Crippen LogP contribution in [0.25, 0.3) is 0 Å². The lowest BCUT2D eigenvalue weighted by molar-refractivity contribution is 0.0925. The molecule has 0 aliphatic carbocycles. The molecule has 1 rings (SSSR count). The van der Waals surface area contributed by atoms with Crippen LogP contribution in [0, 0.1) is 0 Å². The molecule has 0 saturated heterocycles. The molecule has 1 aromatic rings. The third kappa shape index (κ3) is 3.63. The van der Waals surface area contributed by atoms with Crippen molar-refractivity contribution in [2.45, 2.75) is 12.5 Å². The Morgan fingerprint density at radius 2 is 2.13 bits per heavy atom. The largest absolute Gasteiger partial charge is 0.344 e. The van der Waals surface area contributed by atoms with Crippen LogP contribution < -0.4 is 5.32 Å². The van der Waals surface area contributed by atoms with Gasteiger partial charge in [-0.25, -0.2) is 0 Å². The molecular formula is C9H10BrCl2NOS. The Bertz CT molecular complexity index is 352. The molecule has 0 radical (unpaired) electrons. The minimum absolute atomic E-state index is 0.144. The fourth-order valence-electron chi connectivity index (χ4n) is 0.875. The smallest absolute Gasteiger partial charge is 0.261 e. The van der Waals surface area contributed by atoms with Gasteiger partial charge in [0, 0.05) is 11.8 Å². The van der Waals surface area contributed by atoms with E-state index in [1.54, 1.807) is 6.07 Å². The zero-order valence-electron chi connectivity index (χ0n) is 8.02. The summed E-state index contributed by atoms with van der Waals surface area (Å²) in [5, 5.41) is 2.81. The Kier molecular flexibility index (Phi) is 4.90. The van der Waals surface area contributed by atoms with Crippen LogP contribution in [0.1, 0.15) is 16.6 Å². The lowest BCUT2D eigenvalue weighted by Crippen LogP contribution is -2.49. The van der Waals surface area contributed by atoms with Gasteiger partial charge in [-0.1, -0.05) is 0 Å². The minimum atomic E-state index is -0.559. The number of hydrogen-bond donors (Lipinski definition) is 1. The maximum atomic E-state index is 11.8. The molecule has 2 nitrogen and oxygen atoms in total. The maximum Gasteiger partial charge on any atom is 0.261 e. The zero-order chi connectivity index (χ0) is 11.5. The Morgan fingerprint density at radius 1 is 1.53 bits per heavy atom. The van der Waals surface area contributed by atoms with Crippen LogP contribution in [0.2, 0.25) is 0 Å². The van der Waals surface area contributed by atoms with E-state index in [4.69, 9.17) is 23.2 Å². The molecule has 0 spiro atoms. The average molecular weight is 331 g/mol. The van der Waals surface area contributed by atoms with Gasteiger partial charge >= 0.3 is 0 Å². The topological polar surface area (TPSA) is 29.1 Å². The molecule has 0 atom stereocenters. The molecule has 0 unspecified atom stereocenters. The van der Waals surface area contributed by atoms with Crippen molar-refractivity contribution in [3.05, 3.63) is 20.8 Å². The van der Waals surface area contributed by atoms with Gasteiger partial charge in [0.25, 0.3) is 5.91 Å². The van der Waals surface area contributed by atoms with Crippen molar-refractivity contribution in [1.29, 1.82) is 0 Å². The first kappa shape index (κ1) is 13.3. The van der Waals surface area contributed by atoms with Gasteiger partial charge in [0.05, 0.1) is 14.2 Å². The Hall–Kier alpha value is 0.230. The summed E-state index contributed by atoms with van der Waals surface area (Å²) in [7, 11) is 0. The SMILES string of the molecule is CC(CCl)(CCl)NC(=O)c1ccc(Br)s1. The molecule has 0 aromatic carbocycles. The summed E-state index contributed by atoms with van der Waals surface area (Å²) in [5.74, 6) is 0.429. The third-order valence-electron chi connectivity index (χ3n) is 1.80. The van der Waals surface area contributed by atoms with Gasteiger partial charge in [0.1, 0.15) is 0 Å². The van der Waals surface area contributed by atoms with Crippen LogP contribution in [-0.4, -0.2) is 23.2 Å². The van der Waals surface area contributed by atoms with Gasteiger partial charge in [-0.05, 0) is 35.0 Å². The number of hydrogen-bond acceptors (Lipinski definition) is 2. The maximum absolute atomic E-state index is 11.8. The number of carbonyl (C=O) groups excluding carboxylic acids is 1. The van der Waals surface area contributed by atoms with Crippen molar-refractivity contribution in [2.24, 2.45) is 0 Å². The second-order valence-corrected chi connectivity index (χ2v) is 6.38. The van der Waals surface area contributed by atoms with Crippen molar-refractivity contribution >= 4 is 56.4 Å². The van der Waals surface area contributed by atoms with Gasteiger partial charge in [-0.2, -0.15) is 0 Å². The molecule has 1 heterocycles. The first-order chi connectivity index (χ1) is 7.00. The molecule has 84 valence electrons. The number of amides is 1. The van der Waals surface area contributed by atoms with E-state index in [2.05, 4.69) is 21.2 Å². The lowest BCUT2D eigenvalue weighted by atomic mass is 10.1. The van der Waals surface area contributed by atoms with E-state index < -0.39 is 5.54 Å². The van der Waals surface area contributed by atoms with Crippen molar-refractivity contribution in [1.82, 2.24) is 5.32 Å². The summed E-state index contributed by atoms with van der Waals surface area (Å²) >= 11 is 16.2. The monoisotopic (exact) mass is 329 g/mol. The second-order valence-electron chi connectivity index (χ2n) is 3.39. The van der Waals surface area contributed by atoms with Crippen LogP contribution in [0.5, 0.6) is 0 Å². The normalized spacial score (nSPS) is 11.5. The number of thiophene rings is 1. The van der Waals surface area contributed by atoms with E-state index >= 15 is 0 Å². The highest BCUT2D eigenvalue weighted by molar-refractivity contribution is 9.11. The summed E-state index contributed by atoms with van der Waals surface area (Å²) in [6.45, 7) is 1.81. The number of rotatable bonds is 4. The quantitative estimate of drug-likeness (QED) is 0.841. The van der Waals surface area contributed by atoms with E-state index in [1.807, 2.05) is 13.0 Å². The first-order valence-electron chi connectivity index (χ1n) is 4.20. The average Bonchev–Trinajstić information content (AvgIpc) is 2.65. The zero-order valence-corrected chi connectivity index (χ0v) is 11.9. The minimum Gasteiger partial charge on any atom is -0.344 e. The number of carbonyl (C=O) groups is 1. The van der Waals surface area contributed by atoms with Crippen LogP contribution in [0.3, 0.4) is 0 Å². The predicted molar refractivity (Wildman–Crippen MR) is 69.3 cm³/mol. The van der Waals surface area contributed by atoms with Crippen molar-refractivity contribution in [3.8, 4) is 0 Å². The van der Waals surface area contributed by atoms with E-state index in [0.29, 0.717) is 4.88 Å². The van der Waals surface area contributed by atoms with Crippen molar-refractivity contribution in [3.63, 3.8) is 0 Å². The molecule has 0 bridgehead atoms. The van der Waals surface area contributed by atoms with Crippen LogP contribution in [0.15, 0.2) is 15.9 Å². The Morgan fingerprint density at radius 3 is 2.53 bits per heavy atom. The van der Waals surface area contributed by atoms with Gasteiger partial charge in [-0.15, -0.1) is 34.5 Å². The summed E-state index contributed by atoms with van der Waals surface area (Å²) in [4.78, 5) is 12.4. The molecule has 15 heavy (non-hydrogen) atoms. The molecule has 1 N–H and O–H groups in total. The van der Waals surface area contributed by atoms with Crippen molar-refractivity contribution < 1.29 is 4.79 Å². The Balaban J connectivity index is 2.71. The number of alkyl halides is 2. The molecule has 1 aromatic heterocycles. The molecule has 1 amide bonds. The van der Waals surface area contributed by atoms with Crippen molar-refractivity contribution in [2.75, 3.05) is 11.8 Å². The van der Waals surface area contributed by atoms with Gasteiger partial charge in [0.15, 0.2) is 0 Å². The summed E-state index contributed by atoms with van der Waals surface area (Å²) in [6, 6.07) is 3.59. The summed E-state index contributed by atoms with van der Waals surface area (Å²) in [5.41, 5.74) is -0.559. The van der Waals surface area contributed by atoms with Crippen LogP contribution in [-0.2, 0) is 0 Å². The first-order valence-corrected chi connectivity index (χ1v) is 6.88. The second kappa shape index (κ2) is 5.53. The molecule has 0 aliphatic heterocycles. The van der Waals surface area contributed by atoms with Gasteiger partial charge in [0.2, 0.25) is 0 Å². The molecule has 0 aliphatic rings. The molecule has 0 fully saturated rings. The molecule has 0 saturated carbocycles. The lowest BCUT2D eigenvalue weighted by Gasteiger charge is -2.25. The van der Waals surface area contributed by atoms with Crippen LogP contribution >= 0.6 is 50.5 Å². The predicted octanol–water partition coefficient (Wildman–Crippen LogP) is 3.48. The van der Waals surface area contributed by atoms with E-state index in [9.17, 15) is 4.79 Å². The molecular weight excluding hydrogens is 321 g/mol. The third-order valence-corrected chi connectivity index (χ3v) is 4.60. The van der Waals surface area contributed by atoms with E-state index in [1.165, 1.54) is 11.3 Å². The standard InChI is InChI=1S/C9H10BrCl2NOS/c1-9(4-11,5-12)13-8(14)6-2-3-7(10)15-6/h2-3H,4-5H2,1H3,(H,13,14). The van der Waals surface area contributed by atoms with Gasteiger partial charge < -0.3 is 5.32 Å². The summed E-state index contributed by atoms with van der Waals surface area (Å²) in [6.07, 6.45) is 0. The van der Waals surface area contributed by atoms with Crippen LogP contribution in [0.4, 0.5) is 0 Å². The fourth-order valence-corrected chi connectivity index (χ4v) is 2.58. The fraction of sp³-hybridized carbons (Fsp3) is 0.444. The van der Waals surface area contributed by atoms with E-state index in [-0.39, 0.29) is 17.7 Å². The highest BCUT2D eigenvalue weighted by Crippen LogP contribution is 2.22. The summed E-state index contributed by atoms with van der Waals surface area (Å²) < 4.78 is 0.922.